The molecule has 4 aromatic heterocycles. The molecule has 0 saturated carbocycles. The summed E-state index contributed by atoms with van der Waals surface area (Å²) in [6, 6.07) is 21.9. The third-order valence-electron chi connectivity index (χ3n) is 5.91. The quantitative estimate of drug-likeness (QED) is 0.361. The molecule has 11 heteroatoms. The molecule has 0 bridgehead atoms. The molecule has 0 aliphatic rings. The van der Waals surface area contributed by atoms with Crippen LogP contribution in [0.4, 0.5) is 8.78 Å². The molecule has 9 nitrogen and oxygen atoms in total. The molecule has 0 fully saturated rings. The van der Waals surface area contributed by atoms with Gasteiger partial charge in [-0.1, -0.05) is 36.4 Å². The molecule has 6 rings (SSSR count). The van der Waals surface area contributed by atoms with Crippen molar-refractivity contribution in [3.05, 3.63) is 119 Å². The molecular weight excluding hydrogens is 502 g/mol. The predicted octanol–water partition coefficient (Wildman–Crippen LogP) is 4.21. The van der Waals surface area contributed by atoms with Gasteiger partial charge >= 0.3 is 0 Å². The number of rotatable bonds is 5. The maximum absolute atomic E-state index is 13.7. The highest BCUT2D eigenvalue weighted by atomic mass is 19.1. The number of halogens is 2. The van der Waals surface area contributed by atoms with Crippen molar-refractivity contribution in [3.8, 4) is 6.07 Å². The molecule has 0 aliphatic heterocycles. The zero-order valence-electron chi connectivity index (χ0n) is 20.4. The highest BCUT2D eigenvalue weighted by molar-refractivity contribution is 6.03. The van der Waals surface area contributed by atoms with E-state index >= 15 is 0 Å². The molecule has 1 amide bonds. The minimum atomic E-state index is -0.629. The predicted molar refractivity (Wildman–Crippen MR) is 139 cm³/mol. The molecule has 0 atom stereocenters. The molecule has 0 unspecified atom stereocenters. The van der Waals surface area contributed by atoms with Gasteiger partial charge in [-0.15, -0.1) is 0 Å². The van der Waals surface area contributed by atoms with E-state index in [1.54, 1.807) is 77.7 Å². The third-order valence-corrected chi connectivity index (χ3v) is 5.91. The number of hydrogen-bond donors (Lipinski definition) is 1. The Morgan fingerprint density at radius 2 is 1.28 bits per heavy atom. The molecule has 0 radical (unpaired) electrons. The summed E-state index contributed by atoms with van der Waals surface area (Å²) in [5, 5.41) is 18.6. The molecule has 2 N–H and O–H groups in total. The van der Waals surface area contributed by atoms with E-state index in [-0.39, 0.29) is 30.4 Å². The Balaban J connectivity index is 0.000000158. The molecule has 0 aliphatic carbocycles. The molecular formula is C28H20F2N8O. The van der Waals surface area contributed by atoms with E-state index in [0.29, 0.717) is 38.9 Å². The van der Waals surface area contributed by atoms with Crippen LogP contribution < -0.4 is 5.73 Å². The Labute approximate surface area is 220 Å². The van der Waals surface area contributed by atoms with Crippen molar-refractivity contribution in [1.82, 2.24) is 29.5 Å². The lowest BCUT2D eigenvalue weighted by Gasteiger charge is -2.04. The summed E-state index contributed by atoms with van der Waals surface area (Å²) in [6.45, 7) is 0.440. The van der Waals surface area contributed by atoms with Crippen LogP contribution in [0.1, 0.15) is 27.3 Å². The first kappa shape index (κ1) is 25.2. The second-order valence-electron chi connectivity index (χ2n) is 8.42. The van der Waals surface area contributed by atoms with Gasteiger partial charge in [0, 0.05) is 23.5 Å². The summed E-state index contributed by atoms with van der Waals surface area (Å²) in [7, 11) is 0. The van der Waals surface area contributed by atoms with E-state index in [9.17, 15) is 13.6 Å². The standard InChI is InChI=1S/C14H11FN4O.C14H9FN4/c15-11-6-2-1-4-9(11)8-19-14-10(5-3-7-17-14)12(18-19)13(16)20;15-12-6-2-1-4-10(12)9-19-14-11(5-3-7-17-14)13(8-16)18-19/h1-7H,8H2,(H2,16,20);1-7H,9H2. The lowest BCUT2D eigenvalue weighted by molar-refractivity contribution is 0.0996. The van der Waals surface area contributed by atoms with Gasteiger partial charge in [0.25, 0.3) is 5.91 Å². The molecule has 0 saturated heterocycles. The smallest absolute Gasteiger partial charge is 0.269 e. The average molecular weight is 523 g/mol. The van der Waals surface area contributed by atoms with Crippen LogP contribution in [0.3, 0.4) is 0 Å². The van der Waals surface area contributed by atoms with Gasteiger partial charge in [-0.05, 0) is 36.4 Å². The number of primary amides is 1. The lowest BCUT2D eigenvalue weighted by Crippen LogP contribution is -2.13. The van der Waals surface area contributed by atoms with E-state index in [2.05, 4.69) is 20.2 Å². The zero-order valence-corrected chi connectivity index (χ0v) is 20.4. The Kier molecular flexibility index (Phi) is 7.00. The number of benzene rings is 2. The molecule has 39 heavy (non-hydrogen) atoms. The number of nitriles is 1. The number of pyridine rings is 2. The Hall–Kier alpha value is -5.50. The Morgan fingerprint density at radius 1 is 0.769 bits per heavy atom. The number of aromatic nitrogens is 6. The van der Waals surface area contributed by atoms with Crippen LogP contribution >= 0.6 is 0 Å². The fourth-order valence-electron chi connectivity index (χ4n) is 4.08. The SMILES string of the molecule is N#Cc1nn(Cc2ccccc2F)c2ncccc12.NC(=O)c1nn(Cc2ccccc2F)c2ncccc12. The molecule has 192 valence electrons. The van der Waals surface area contributed by atoms with Gasteiger partial charge in [0.1, 0.15) is 17.7 Å². The van der Waals surface area contributed by atoms with Crippen molar-refractivity contribution < 1.29 is 13.6 Å². The number of fused-ring (bicyclic) bond motifs is 2. The summed E-state index contributed by atoms with van der Waals surface area (Å²) in [5.41, 5.74) is 7.82. The van der Waals surface area contributed by atoms with Crippen LogP contribution in [0.5, 0.6) is 0 Å². The van der Waals surface area contributed by atoms with Crippen LogP contribution in [0, 0.1) is 23.0 Å². The summed E-state index contributed by atoms with van der Waals surface area (Å²) in [5.74, 6) is -1.25. The summed E-state index contributed by atoms with van der Waals surface area (Å²) in [4.78, 5) is 19.8. The van der Waals surface area contributed by atoms with Gasteiger partial charge < -0.3 is 5.73 Å². The van der Waals surface area contributed by atoms with Crippen LogP contribution in [-0.2, 0) is 13.1 Å². The first-order chi connectivity index (χ1) is 19.0. The number of amides is 1. The molecule has 4 heterocycles. The topological polar surface area (TPSA) is 128 Å². The first-order valence-corrected chi connectivity index (χ1v) is 11.8. The number of nitrogens with zero attached hydrogens (tertiary/aromatic N) is 7. The largest absolute Gasteiger partial charge is 0.364 e. The zero-order chi connectivity index (χ0) is 27.4. The van der Waals surface area contributed by atoms with Crippen molar-refractivity contribution in [2.24, 2.45) is 5.73 Å². The van der Waals surface area contributed by atoms with Gasteiger partial charge in [-0.25, -0.2) is 28.1 Å². The maximum atomic E-state index is 13.7. The fraction of sp³-hybridized carbons (Fsp3) is 0.0714. The van der Waals surface area contributed by atoms with Crippen LogP contribution in [0.15, 0.2) is 85.2 Å². The second-order valence-corrected chi connectivity index (χ2v) is 8.42. The van der Waals surface area contributed by atoms with Crippen molar-refractivity contribution in [1.29, 1.82) is 5.26 Å². The average Bonchev–Trinajstić information content (AvgIpc) is 3.50. The van der Waals surface area contributed by atoms with E-state index in [0.717, 1.165) is 0 Å². The van der Waals surface area contributed by atoms with Crippen LogP contribution in [0.25, 0.3) is 22.1 Å². The Morgan fingerprint density at radius 3 is 1.82 bits per heavy atom. The second kappa shape index (κ2) is 10.9. The number of carbonyl (C=O) groups excluding carboxylic acids is 1. The molecule has 0 spiro atoms. The van der Waals surface area contributed by atoms with Crippen molar-refractivity contribution in [2.45, 2.75) is 13.1 Å². The number of hydrogen-bond acceptors (Lipinski definition) is 6. The highest BCUT2D eigenvalue weighted by Gasteiger charge is 2.16. The molecule has 6 aromatic rings. The van der Waals surface area contributed by atoms with E-state index in [4.69, 9.17) is 11.0 Å². The Bertz CT molecular complexity index is 1850. The van der Waals surface area contributed by atoms with Crippen molar-refractivity contribution in [3.63, 3.8) is 0 Å². The summed E-state index contributed by atoms with van der Waals surface area (Å²) >= 11 is 0. The van der Waals surface area contributed by atoms with Crippen molar-refractivity contribution in [2.75, 3.05) is 0 Å². The van der Waals surface area contributed by atoms with Gasteiger partial charge in [-0.2, -0.15) is 15.5 Å². The summed E-state index contributed by atoms with van der Waals surface area (Å²) < 4.78 is 30.4. The number of nitrogens with two attached hydrogens (primary N) is 1. The summed E-state index contributed by atoms with van der Waals surface area (Å²) in [6.07, 6.45) is 3.22. The minimum absolute atomic E-state index is 0.143. The normalized spacial score (nSPS) is 10.7. The van der Waals surface area contributed by atoms with Gasteiger partial charge in [0.15, 0.2) is 22.7 Å². The van der Waals surface area contributed by atoms with E-state index < -0.39 is 5.91 Å². The highest BCUT2D eigenvalue weighted by Crippen LogP contribution is 2.19. The van der Waals surface area contributed by atoms with E-state index in [1.165, 1.54) is 16.8 Å². The lowest BCUT2D eigenvalue weighted by atomic mass is 10.2. The van der Waals surface area contributed by atoms with Crippen LogP contribution in [-0.4, -0.2) is 35.4 Å². The van der Waals surface area contributed by atoms with Crippen LogP contribution in [0.2, 0.25) is 0 Å². The van der Waals surface area contributed by atoms with Gasteiger partial charge in [-0.3, -0.25) is 4.79 Å². The van der Waals surface area contributed by atoms with E-state index in [1.807, 2.05) is 6.07 Å². The fourth-order valence-corrected chi connectivity index (χ4v) is 4.08. The monoisotopic (exact) mass is 522 g/mol. The van der Waals surface area contributed by atoms with Gasteiger partial charge in [0.05, 0.1) is 23.9 Å². The maximum Gasteiger partial charge on any atom is 0.269 e. The van der Waals surface area contributed by atoms with Crippen molar-refractivity contribution >= 4 is 28.0 Å². The third kappa shape index (κ3) is 5.17. The minimum Gasteiger partial charge on any atom is -0.364 e. The molecule has 2 aromatic carbocycles. The number of carbonyl (C=O) groups is 1. The first-order valence-electron chi connectivity index (χ1n) is 11.8. The van der Waals surface area contributed by atoms with Gasteiger partial charge in [0.2, 0.25) is 0 Å².